The lowest BCUT2D eigenvalue weighted by Crippen LogP contribution is -2.23. The van der Waals surface area contributed by atoms with Crippen LogP contribution in [0.1, 0.15) is 53.0 Å². The van der Waals surface area contributed by atoms with Crippen molar-refractivity contribution in [3.8, 4) is 0 Å². The Morgan fingerprint density at radius 2 is 1.76 bits per heavy atom. The summed E-state index contributed by atoms with van der Waals surface area (Å²) in [7, 11) is 0. The first-order chi connectivity index (χ1) is 9.72. The first kappa shape index (κ1) is 17.7. The molecule has 0 aromatic heterocycles. The lowest BCUT2D eigenvalue weighted by Gasteiger charge is -2.19. The van der Waals surface area contributed by atoms with Crippen molar-refractivity contribution in [1.82, 2.24) is 0 Å². The standard InChI is InChI=1S/C18H30N2O/c1-13(2)10-14(12-19)11-17(21)20-16-8-6-15(7-9-16)18(3,4)5/h6-9,13-14H,10-12,19H2,1-5H3,(H,20,21)/t14-/m0/s1. The third-order valence-electron chi connectivity index (χ3n) is 3.65. The number of hydrogen-bond acceptors (Lipinski definition) is 2. The van der Waals surface area contributed by atoms with Gasteiger partial charge in [0.2, 0.25) is 5.91 Å². The van der Waals surface area contributed by atoms with Crippen LogP contribution < -0.4 is 11.1 Å². The van der Waals surface area contributed by atoms with Crippen molar-refractivity contribution in [3.63, 3.8) is 0 Å². The van der Waals surface area contributed by atoms with Gasteiger partial charge in [-0.2, -0.15) is 0 Å². The van der Waals surface area contributed by atoms with Crippen molar-refractivity contribution in [2.45, 2.75) is 52.9 Å². The molecule has 0 saturated heterocycles. The lowest BCUT2D eigenvalue weighted by molar-refractivity contribution is -0.117. The van der Waals surface area contributed by atoms with Gasteiger partial charge in [0.15, 0.2) is 0 Å². The van der Waals surface area contributed by atoms with Crippen molar-refractivity contribution in [3.05, 3.63) is 29.8 Å². The topological polar surface area (TPSA) is 55.1 Å². The van der Waals surface area contributed by atoms with Crippen molar-refractivity contribution in [2.24, 2.45) is 17.6 Å². The Hall–Kier alpha value is -1.35. The van der Waals surface area contributed by atoms with Crippen molar-refractivity contribution in [1.29, 1.82) is 0 Å². The molecule has 0 unspecified atom stereocenters. The molecule has 1 aromatic rings. The van der Waals surface area contributed by atoms with Gasteiger partial charge in [0, 0.05) is 12.1 Å². The zero-order valence-corrected chi connectivity index (χ0v) is 14.1. The van der Waals surface area contributed by atoms with Gasteiger partial charge in [-0.25, -0.2) is 0 Å². The predicted octanol–water partition coefficient (Wildman–Crippen LogP) is 3.93. The molecule has 118 valence electrons. The maximum atomic E-state index is 12.1. The Kier molecular flexibility index (Phi) is 6.41. The number of nitrogens with two attached hydrogens (primary N) is 1. The quantitative estimate of drug-likeness (QED) is 0.834. The summed E-state index contributed by atoms with van der Waals surface area (Å²) in [6.07, 6.45) is 1.49. The van der Waals surface area contributed by atoms with Crippen LogP contribution in [0, 0.1) is 11.8 Å². The van der Waals surface area contributed by atoms with Gasteiger partial charge in [-0.05, 0) is 47.9 Å². The minimum Gasteiger partial charge on any atom is -0.330 e. The number of hydrogen-bond donors (Lipinski definition) is 2. The molecule has 0 radical (unpaired) electrons. The van der Waals surface area contributed by atoms with Crippen LogP contribution in [0.25, 0.3) is 0 Å². The maximum Gasteiger partial charge on any atom is 0.224 e. The molecule has 0 spiro atoms. The van der Waals surface area contributed by atoms with E-state index in [1.165, 1.54) is 5.56 Å². The van der Waals surface area contributed by atoms with Crippen LogP contribution in [-0.2, 0) is 10.2 Å². The first-order valence-electron chi connectivity index (χ1n) is 7.82. The van der Waals surface area contributed by atoms with E-state index < -0.39 is 0 Å². The molecule has 1 rings (SSSR count). The lowest BCUT2D eigenvalue weighted by atomic mass is 9.87. The van der Waals surface area contributed by atoms with E-state index in [-0.39, 0.29) is 17.2 Å². The van der Waals surface area contributed by atoms with Crippen LogP contribution in [0.4, 0.5) is 5.69 Å². The fraction of sp³-hybridized carbons (Fsp3) is 0.611. The summed E-state index contributed by atoms with van der Waals surface area (Å²) in [6, 6.07) is 8.09. The van der Waals surface area contributed by atoms with Gasteiger partial charge in [0.1, 0.15) is 0 Å². The van der Waals surface area contributed by atoms with Gasteiger partial charge >= 0.3 is 0 Å². The number of rotatable bonds is 6. The highest BCUT2D eigenvalue weighted by Crippen LogP contribution is 2.23. The van der Waals surface area contributed by atoms with E-state index in [2.05, 4.69) is 52.1 Å². The van der Waals surface area contributed by atoms with Crippen LogP contribution in [0.15, 0.2) is 24.3 Å². The molecular formula is C18H30N2O. The second-order valence-electron chi connectivity index (χ2n) is 7.31. The van der Waals surface area contributed by atoms with E-state index in [0.29, 0.717) is 18.9 Å². The average Bonchev–Trinajstić information content (AvgIpc) is 2.36. The Balaban J connectivity index is 2.58. The van der Waals surface area contributed by atoms with E-state index >= 15 is 0 Å². The Morgan fingerprint density at radius 1 is 1.19 bits per heavy atom. The van der Waals surface area contributed by atoms with Crippen molar-refractivity contribution < 1.29 is 4.79 Å². The normalized spacial score (nSPS) is 13.3. The van der Waals surface area contributed by atoms with Gasteiger partial charge in [0.05, 0.1) is 0 Å². The molecule has 0 aliphatic carbocycles. The molecule has 3 heteroatoms. The van der Waals surface area contributed by atoms with Gasteiger partial charge in [-0.3, -0.25) is 4.79 Å². The predicted molar refractivity (Wildman–Crippen MR) is 90.4 cm³/mol. The molecule has 3 nitrogen and oxygen atoms in total. The van der Waals surface area contributed by atoms with Gasteiger partial charge < -0.3 is 11.1 Å². The smallest absolute Gasteiger partial charge is 0.224 e. The molecule has 0 heterocycles. The SMILES string of the molecule is CC(C)C[C@H](CN)CC(=O)Nc1ccc(C(C)(C)C)cc1. The molecule has 1 atom stereocenters. The molecule has 0 saturated carbocycles. The Morgan fingerprint density at radius 3 is 2.19 bits per heavy atom. The van der Waals surface area contributed by atoms with Gasteiger partial charge in [-0.15, -0.1) is 0 Å². The highest BCUT2D eigenvalue weighted by molar-refractivity contribution is 5.90. The van der Waals surface area contributed by atoms with E-state index in [4.69, 9.17) is 5.73 Å². The number of nitrogens with one attached hydrogen (secondary N) is 1. The summed E-state index contributed by atoms with van der Waals surface area (Å²) in [4.78, 5) is 12.1. The Bertz CT molecular complexity index is 443. The maximum absolute atomic E-state index is 12.1. The molecule has 1 amide bonds. The Labute approximate surface area is 129 Å². The van der Waals surface area contributed by atoms with Crippen LogP contribution in [0.3, 0.4) is 0 Å². The molecular weight excluding hydrogens is 260 g/mol. The molecule has 1 aromatic carbocycles. The van der Waals surface area contributed by atoms with Gasteiger partial charge in [0.25, 0.3) is 0 Å². The second-order valence-corrected chi connectivity index (χ2v) is 7.31. The highest BCUT2D eigenvalue weighted by atomic mass is 16.1. The third-order valence-corrected chi connectivity index (χ3v) is 3.65. The molecule has 0 bridgehead atoms. The highest BCUT2D eigenvalue weighted by Gasteiger charge is 2.15. The van der Waals surface area contributed by atoms with Crippen LogP contribution in [0.2, 0.25) is 0 Å². The van der Waals surface area contributed by atoms with Gasteiger partial charge in [-0.1, -0.05) is 46.8 Å². The molecule has 21 heavy (non-hydrogen) atoms. The number of carbonyl (C=O) groups excluding carboxylic acids is 1. The second kappa shape index (κ2) is 7.60. The number of amides is 1. The molecule has 0 aliphatic heterocycles. The van der Waals surface area contributed by atoms with Crippen LogP contribution in [0.5, 0.6) is 0 Å². The minimum absolute atomic E-state index is 0.0506. The van der Waals surface area contributed by atoms with Crippen molar-refractivity contribution in [2.75, 3.05) is 11.9 Å². The zero-order chi connectivity index (χ0) is 16.0. The summed E-state index contributed by atoms with van der Waals surface area (Å²) in [5.74, 6) is 0.880. The largest absolute Gasteiger partial charge is 0.330 e. The molecule has 0 aliphatic rings. The summed E-state index contributed by atoms with van der Waals surface area (Å²) in [5.41, 5.74) is 8.00. The number of carbonyl (C=O) groups is 1. The van der Waals surface area contributed by atoms with E-state index in [1.807, 2.05) is 12.1 Å². The van der Waals surface area contributed by atoms with Crippen molar-refractivity contribution >= 4 is 11.6 Å². The van der Waals surface area contributed by atoms with E-state index in [1.54, 1.807) is 0 Å². The summed E-state index contributed by atoms with van der Waals surface area (Å²) in [6.45, 7) is 11.4. The van der Waals surface area contributed by atoms with E-state index in [0.717, 1.165) is 12.1 Å². The molecule has 0 fully saturated rings. The fourth-order valence-electron chi connectivity index (χ4n) is 2.46. The van der Waals surface area contributed by atoms with Crippen LogP contribution >= 0.6 is 0 Å². The first-order valence-corrected chi connectivity index (χ1v) is 7.82. The minimum atomic E-state index is 0.0506. The zero-order valence-electron chi connectivity index (χ0n) is 14.1. The van der Waals surface area contributed by atoms with Crippen LogP contribution in [-0.4, -0.2) is 12.5 Å². The third kappa shape index (κ3) is 6.30. The summed E-state index contributed by atoms with van der Waals surface area (Å²) < 4.78 is 0. The number of anilines is 1. The fourth-order valence-corrected chi connectivity index (χ4v) is 2.46. The number of benzene rings is 1. The molecule has 3 N–H and O–H groups in total. The van der Waals surface area contributed by atoms with E-state index in [9.17, 15) is 4.79 Å². The summed E-state index contributed by atoms with van der Waals surface area (Å²) in [5, 5.41) is 2.96. The monoisotopic (exact) mass is 290 g/mol. The average molecular weight is 290 g/mol. The summed E-state index contributed by atoms with van der Waals surface area (Å²) >= 11 is 0.